The molecule has 1 aromatic heterocycles. The maximum absolute atomic E-state index is 5.58. The molecule has 6 heteroatoms. The van der Waals surface area contributed by atoms with Crippen molar-refractivity contribution in [3.05, 3.63) is 35.9 Å². The summed E-state index contributed by atoms with van der Waals surface area (Å²) in [7, 11) is 1.84. The van der Waals surface area contributed by atoms with E-state index in [1.807, 2.05) is 25.2 Å². The maximum atomic E-state index is 5.58. The van der Waals surface area contributed by atoms with Crippen LogP contribution >= 0.6 is 0 Å². The molecule has 1 aromatic carbocycles. The molecule has 0 amide bonds. The van der Waals surface area contributed by atoms with Crippen LogP contribution in [0.25, 0.3) is 0 Å². The van der Waals surface area contributed by atoms with Gasteiger partial charge >= 0.3 is 0 Å². The zero-order valence-corrected chi connectivity index (χ0v) is 10.5. The van der Waals surface area contributed by atoms with Crippen LogP contribution in [0.15, 0.2) is 30.3 Å². The van der Waals surface area contributed by atoms with Gasteiger partial charge in [0.25, 0.3) is 0 Å². The second-order valence-corrected chi connectivity index (χ2v) is 4.15. The molecule has 0 saturated heterocycles. The fraction of sp³-hybridized carbons (Fsp3) is 0.417. The van der Waals surface area contributed by atoms with E-state index in [0.717, 1.165) is 25.5 Å². The highest BCUT2D eigenvalue weighted by Crippen LogP contribution is 2.12. The average Bonchev–Trinajstić information content (AvgIpc) is 2.82. The summed E-state index contributed by atoms with van der Waals surface area (Å²) in [6, 6.07) is 10.3. The molecule has 0 atom stereocenters. The quantitative estimate of drug-likeness (QED) is 0.806. The Morgan fingerprint density at radius 2 is 2.06 bits per heavy atom. The number of nitrogens with zero attached hydrogens (tertiary/aromatic N) is 5. The molecule has 6 nitrogen and oxygen atoms in total. The third-order valence-electron chi connectivity index (χ3n) is 2.73. The molecule has 0 radical (unpaired) electrons. The van der Waals surface area contributed by atoms with Crippen molar-refractivity contribution in [2.75, 3.05) is 18.0 Å². The van der Waals surface area contributed by atoms with Crippen LogP contribution in [0, 0.1) is 0 Å². The lowest BCUT2D eigenvalue weighted by molar-refractivity contribution is 0.661. The molecule has 0 aliphatic carbocycles. The number of nitrogens with two attached hydrogens (primary N) is 1. The summed E-state index contributed by atoms with van der Waals surface area (Å²) in [6.07, 6.45) is 0.916. The molecule has 1 heterocycles. The maximum Gasteiger partial charge on any atom is 0.245 e. The van der Waals surface area contributed by atoms with Gasteiger partial charge in [-0.3, -0.25) is 0 Å². The Labute approximate surface area is 106 Å². The Balaban J connectivity index is 2.13. The smallest absolute Gasteiger partial charge is 0.245 e. The van der Waals surface area contributed by atoms with Crippen molar-refractivity contribution in [2.24, 2.45) is 12.8 Å². The van der Waals surface area contributed by atoms with Gasteiger partial charge in [-0.15, -0.1) is 0 Å². The van der Waals surface area contributed by atoms with Crippen LogP contribution in [0.1, 0.15) is 12.0 Å². The van der Waals surface area contributed by atoms with Gasteiger partial charge in [-0.1, -0.05) is 35.4 Å². The molecular weight excluding hydrogens is 228 g/mol. The minimum absolute atomic E-state index is 0.663. The normalized spacial score (nSPS) is 10.6. The van der Waals surface area contributed by atoms with Crippen molar-refractivity contribution >= 4 is 5.95 Å². The second kappa shape index (κ2) is 6.11. The summed E-state index contributed by atoms with van der Waals surface area (Å²) in [6.45, 7) is 2.30. The molecule has 0 aliphatic rings. The second-order valence-electron chi connectivity index (χ2n) is 4.15. The van der Waals surface area contributed by atoms with E-state index in [1.165, 1.54) is 5.56 Å². The van der Waals surface area contributed by atoms with E-state index >= 15 is 0 Å². The molecular formula is C12H18N6. The van der Waals surface area contributed by atoms with Crippen LogP contribution in [-0.4, -0.2) is 33.3 Å². The first kappa shape index (κ1) is 12.5. The minimum Gasteiger partial charge on any atom is -0.335 e. The van der Waals surface area contributed by atoms with Gasteiger partial charge in [0.15, 0.2) is 0 Å². The molecule has 0 saturated carbocycles. The number of aromatic nitrogens is 4. The van der Waals surface area contributed by atoms with E-state index < -0.39 is 0 Å². The van der Waals surface area contributed by atoms with Crippen molar-refractivity contribution < 1.29 is 0 Å². The van der Waals surface area contributed by atoms with Gasteiger partial charge in [-0.2, -0.15) is 0 Å². The van der Waals surface area contributed by atoms with Gasteiger partial charge in [0.05, 0.1) is 0 Å². The van der Waals surface area contributed by atoms with Gasteiger partial charge in [-0.25, -0.2) is 4.68 Å². The van der Waals surface area contributed by atoms with Crippen LogP contribution in [0.4, 0.5) is 5.95 Å². The first-order valence-electron chi connectivity index (χ1n) is 6.02. The summed E-state index contributed by atoms with van der Waals surface area (Å²) in [5, 5.41) is 11.6. The zero-order valence-electron chi connectivity index (χ0n) is 10.5. The number of hydrogen-bond donors (Lipinski definition) is 1. The number of anilines is 1. The Hall–Kier alpha value is -1.95. The SMILES string of the molecule is Cn1nnnc1N(CCCN)Cc1ccccc1. The molecule has 96 valence electrons. The summed E-state index contributed by atoms with van der Waals surface area (Å²) >= 11 is 0. The Kier molecular flexibility index (Phi) is 4.25. The van der Waals surface area contributed by atoms with Gasteiger partial charge in [-0.05, 0) is 29.0 Å². The monoisotopic (exact) mass is 246 g/mol. The first-order valence-corrected chi connectivity index (χ1v) is 6.02. The van der Waals surface area contributed by atoms with Crippen molar-refractivity contribution in [1.82, 2.24) is 20.2 Å². The lowest BCUT2D eigenvalue weighted by atomic mass is 10.2. The van der Waals surface area contributed by atoms with Crippen molar-refractivity contribution in [3.8, 4) is 0 Å². The van der Waals surface area contributed by atoms with Gasteiger partial charge in [0, 0.05) is 20.1 Å². The molecule has 2 rings (SSSR count). The zero-order chi connectivity index (χ0) is 12.8. The molecule has 0 spiro atoms. The standard InChI is InChI=1S/C12H18N6/c1-17-12(14-15-16-17)18(9-5-8-13)10-11-6-3-2-4-7-11/h2-4,6-7H,5,8-10,13H2,1H3. The first-order chi connectivity index (χ1) is 8.81. The highest BCUT2D eigenvalue weighted by molar-refractivity contribution is 5.30. The largest absolute Gasteiger partial charge is 0.335 e. The number of hydrogen-bond acceptors (Lipinski definition) is 5. The number of tetrazole rings is 1. The van der Waals surface area contributed by atoms with E-state index in [9.17, 15) is 0 Å². The summed E-state index contributed by atoms with van der Waals surface area (Å²) in [4.78, 5) is 2.14. The van der Waals surface area contributed by atoms with E-state index in [-0.39, 0.29) is 0 Å². The van der Waals surface area contributed by atoms with Crippen molar-refractivity contribution in [2.45, 2.75) is 13.0 Å². The van der Waals surface area contributed by atoms with Crippen LogP contribution in [0.5, 0.6) is 0 Å². The van der Waals surface area contributed by atoms with E-state index in [4.69, 9.17) is 5.73 Å². The highest BCUT2D eigenvalue weighted by atomic mass is 15.6. The lowest BCUT2D eigenvalue weighted by Gasteiger charge is -2.22. The van der Waals surface area contributed by atoms with Gasteiger partial charge in [0.1, 0.15) is 0 Å². The van der Waals surface area contributed by atoms with E-state index in [2.05, 4.69) is 32.6 Å². The molecule has 2 N–H and O–H groups in total. The molecule has 0 fully saturated rings. The lowest BCUT2D eigenvalue weighted by Crippen LogP contribution is -2.28. The predicted octanol–water partition coefficient (Wildman–Crippen LogP) is 0.566. The van der Waals surface area contributed by atoms with E-state index in [0.29, 0.717) is 6.54 Å². The highest BCUT2D eigenvalue weighted by Gasteiger charge is 2.12. The predicted molar refractivity (Wildman–Crippen MR) is 70.0 cm³/mol. The third kappa shape index (κ3) is 3.04. The minimum atomic E-state index is 0.663. The molecule has 0 aliphatic heterocycles. The van der Waals surface area contributed by atoms with Crippen LogP contribution in [0.2, 0.25) is 0 Å². The molecule has 0 bridgehead atoms. The number of rotatable bonds is 6. The van der Waals surface area contributed by atoms with Crippen LogP contribution < -0.4 is 10.6 Å². The Morgan fingerprint density at radius 1 is 1.28 bits per heavy atom. The number of benzene rings is 1. The summed E-state index contributed by atoms with van der Waals surface area (Å²) in [5.74, 6) is 0.771. The van der Waals surface area contributed by atoms with Crippen LogP contribution in [0.3, 0.4) is 0 Å². The third-order valence-corrected chi connectivity index (χ3v) is 2.73. The number of aryl methyl sites for hydroxylation is 1. The van der Waals surface area contributed by atoms with Crippen molar-refractivity contribution in [1.29, 1.82) is 0 Å². The van der Waals surface area contributed by atoms with Gasteiger partial charge in [0.2, 0.25) is 5.95 Å². The fourth-order valence-corrected chi connectivity index (χ4v) is 1.83. The summed E-state index contributed by atoms with van der Waals surface area (Å²) < 4.78 is 1.68. The summed E-state index contributed by atoms with van der Waals surface area (Å²) in [5.41, 5.74) is 6.81. The molecule has 18 heavy (non-hydrogen) atoms. The molecule has 2 aromatic rings. The Morgan fingerprint density at radius 3 is 2.67 bits per heavy atom. The average molecular weight is 246 g/mol. The van der Waals surface area contributed by atoms with Gasteiger partial charge < -0.3 is 10.6 Å². The van der Waals surface area contributed by atoms with Crippen molar-refractivity contribution in [3.63, 3.8) is 0 Å². The Bertz CT molecular complexity index is 466. The molecule has 0 unspecified atom stereocenters. The topological polar surface area (TPSA) is 72.9 Å². The van der Waals surface area contributed by atoms with E-state index in [1.54, 1.807) is 4.68 Å². The fourth-order valence-electron chi connectivity index (χ4n) is 1.83. The van der Waals surface area contributed by atoms with Crippen LogP contribution in [-0.2, 0) is 13.6 Å².